The molecule has 7 nitrogen and oxygen atoms in total. The lowest BCUT2D eigenvalue weighted by Crippen LogP contribution is -1.98. The summed E-state index contributed by atoms with van der Waals surface area (Å²) in [7, 11) is 0. The van der Waals surface area contributed by atoms with Crippen LogP contribution in [-0.4, -0.2) is 16.0 Å². The number of carboxylic acids is 1. The van der Waals surface area contributed by atoms with Crippen molar-refractivity contribution in [2.75, 3.05) is 0 Å². The highest BCUT2D eigenvalue weighted by atomic mass is 16.7. The molecule has 0 aliphatic carbocycles. The van der Waals surface area contributed by atoms with Gasteiger partial charge in [-0.3, -0.25) is 10.1 Å². The van der Waals surface area contributed by atoms with E-state index in [0.717, 1.165) is 6.07 Å². The van der Waals surface area contributed by atoms with E-state index in [2.05, 4.69) is 0 Å². The Kier molecular flexibility index (Phi) is 2.96. The Balaban J connectivity index is 2.33. The zero-order valence-corrected chi connectivity index (χ0v) is 8.90. The fourth-order valence-corrected chi connectivity index (χ4v) is 1.30. The van der Waals surface area contributed by atoms with Crippen LogP contribution in [0.3, 0.4) is 0 Å². The minimum atomic E-state index is -1.45. The number of hydrogen-bond donors (Lipinski definition) is 1. The monoisotopic (exact) mass is 249 g/mol. The third-order valence-corrected chi connectivity index (χ3v) is 2.05. The number of para-hydroxylation sites is 1. The molecule has 1 aromatic heterocycles. The minimum absolute atomic E-state index is 0.245. The van der Waals surface area contributed by atoms with E-state index < -0.39 is 22.3 Å². The number of ether oxygens (including phenoxy) is 1. The van der Waals surface area contributed by atoms with Crippen LogP contribution in [0.25, 0.3) is 0 Å². The van der Waals surface area contributed by atoms with Crippen molar-refractivity contribution in [3.8, 4) is 11.7 Å². The lowest BCUT2D eigenvalue weighted by atomic mass is 10.3. The first-order valence-electron chi connectivity index (χ1n) is 4.82. The molecule has 0 unspecified atom stereocenters. The Morgan fingerprint density at radius 1 is 1.33 bits per heavy atom. The van der Waals surface area contributed by atoms with Crippen molar-refractivity contribution >= 4 is 11.9 Å². The fourth-order valence-electron chi connectivity index (χ4n) is 1.30. The standard InChI is InChI=1S/C11H7NO6/c13-11(14)8-6-9(18-10(8)12(15)16)17-7-4-2-1-3-5-7/h1-6H,(H,13,14). The first kappa shape index (κ1) is 11.6. The summed E-state index contributed by atoms with van der Waals surface area (Å²) in [6, 6.07) is 9.34. The minimum Gasteiger partial charge on any atom is -0.477 e. The van der Waals surface area contributed by atoms with Crippen LogP contribution in [0.4, 0.5) is 5.88 Å². The Morgan fingerprint density at radius 3 is 2.50 bits per heavy atom. The maximum atomic E-state index is 10.8. The third-order valence-electron chi connectivity index (χ3n) is 2.05. The summed E-state index contributed by atoms with van der Waals surface area (Å²) < 4.78 is 9.90. The van der Waals surface area contributed by atoms with Crippen molar-refractivity contribution in [1.29, 1.82) is 0 Å². The molecule has 18 heavy (non-hydrogen) atoms. The number of benzene rings is 1. The van der Waals surface area contributed by atoms with Gasteiger partial charge in [-0.05, 0) is 12.1 Å². The Morgan fingerprint density at radius 2 is 2.00 bits per heavy atom. The summed E-state index contributed by atoms with van der Waals surface area (Å²) in [6.07, 6.45) is 0. The maximum absolute atomic E-state index is 10.8. The largest absolute Gasteiger partial charge is 0.477 e. The molecule has 0 fully saturated rings. The summed E-state index contributed by atoms with van der Waals surface area (Å²) in [6.45, 7) is 0. The molecule has 0 atom stereocenters. The van der Waals surface area contributed by atoms with Gasteiger partial charge in [-0.2, -0.15) is 0 Å². The molecule has 1 aromatic carbocycles. The second kappa shape index (κ2) is 4.58. The van der Waals surface area contributed by atoms with E-state index in [9.17, 15) is 14.9 Å². The molecule has 0 spiro atoms. The summed E-state index contributed by atoms with van der Waals surface area (Å²) in [5.41, 5.74) is -0.550. The molecular weight excluding hydrogens is 242 g/mol. The molecular formula is C11H7NO6. The van der Waals surface area contributed by atoms with Gasteiger partial charge in [-0.1, -0.05) is 18.2 Å². The van der Waals surface area contributed by atoms with Crippen LogP contribution in [0.1, 0.15) is 10.4 Å². The second-order valence-corrected chi connectivity index (χ2v) is 3.26. The van der Waals surface area contributed by atoms with E-state index in [1.165, 1.54) is 0 Å². The average Bonchev–Trinajstić information content (AvgIpc) is 2.74. The lowest BCUT2D eigenvalue weighted by Gasteiger charge is -1.99. The number of hydrogen-bond acceptors (Lipinski definition) is 5. The molecule has 1 heterocycles. The highest BCUT2D eigenvalue weighted by molar-refractivity contribution is 5.91. The zero-order valence-electron chi connectivity index (χ0n) is 8.90. The molecule has 0 bridgehead atoms. The van der Waals surface area contributed by atoms with Gasteiger partial charge in [-0.15, -0.1) is 0 Å². The van der Waals surface area contributed by atoms with Gasteiger partial charge in [0.2, 0.25) is 0 Å². The van der Waals surface area contributed by atoms with E-state index in [0.29, 0.717) is 5.75 Å². The molecule has 2 rings (SSSR count). The highest BCUT2D eigenvalue weighted by Crippen LogP contribution is 2.31. The lowest BCUT2D eigenvalue weighted by molar-refractivity contribution is -0.402. The smallest absolute Gasteiger partial charge is 0.450 e. The van der Waals surface area contributed by atoms with Crippen molar-refractivity contribution in [1.82, 2.24) is 0 Å². The fraction of sp³-hybridized carbons (Fsp3) is 0. The van der Waals surface area contributed by atoms with Crippen molar-refractivity contribution < 1.29 is 24.0 Å². The predicted octanol–water partition coefficient (Wildman–Crippen LogP) is 2.68. The number of carbonyl (C=O) groups is 1. The van der Waals surface area contributed by atoms with Crippen LogP contribution < -0.4 is 4.74 Å². The maximum Gasteiger partial charge on any atom is 0.450 e. The van der Waals surface area contributed by atoms with E-state index in [4.69, 9.17) is 14.3 Å². The molecule has 0 amide bonds. The van der Waals surface area contributed by atoms with Crippen LogP contribution in [0.5, 0.6) is 11.7 Å². The number of nitrogens with zero attached hydrogens (tertiary/aromatic N) is 1. The van der Waals surface area contributed by atoms with Crippen LogP contribution >= 0.6 is 0 Å². The molecule has 1 N–H and O–H groups in total. The van der Waals surface area contributed by atoms with E-state index in [1.807, 2.05) is 0 Å². The zero-order chi connectivity index (χ0) is 13.1. The number of rotatable bonds is 4. The second-order valence-electron chi connectivity index (χ2n) is 3.26. The summed E-state index contributed by atoms with van der Waals surface area (Å²) in [4.78, 5) is 20.4. The van der Waals surface area contributed by atoms with Gasteiger partial charge < -0.3 is 14.3 Å². The van der Waals surface area contributed by atoms with Gasteiger partial charge in [0, 0.05) is 6.07 Å². The third kappa shape index (κ3) is 2.29. The molecule has 0 radical (unpaired) electrons. The molecule has 0 aliphatic rings. The predicted molar refractivity (Wildman–Crippen MR) is 58.8 cm³/mol. The van der Waals surface area contributed by atoms with Gasteiger partial charge in [-0.25, -0.2) is 4.79 Å². The quantitative estimate of drug-likeness (QED) is 0.659. The van der Waals surface area contributed by atoms with E-state index in [1.54, 1.807) is 30.3 Å². The number of nitro groups is 1. The van der Waals surface area contributed by atoms with Crippen LogP contribution in [0.15, 0.2) is 40.8 Å². The van der Waals surface area contributed by atoms with Gasteiger partial charge >= 0.3 is 11.9 Å². The topological polar surface area (TPSA) is 103 Å². The van der Waals surface area contributed by atoms with Crippen LogP contribution in [-0.2, 0) is 0 Å². The van der Waals surface area contributed by atoms with Crippen LogP contribution in [0.2, 0.25) is 0 Å². The molecule has 0 saturated carbocycles. The van der Waals surface area contributed by atoms with Crippen LogP contribution in [0, 0.1) is 10.1 Å². The molecule has 0 saturated heterocycles. The van der Waals surface area contributed by atoms with Gasteiger partial charge in [0.15, 0.2) is 5.56 Å². The highest BCUT2D eigenvalue weighted by Gasteiger charge is 2.27. The number of aromatic carboxylic acids is 1. The number of furan rings is 1. The van der Waals surface area contributed by atoms with E-state index >= 15 is 0 Å². The molecule has 7 heteroatoms. The summed E-state index contributed by atoms with van der Waals surface area (Å²) in [5.74, 6) is -2.16. The first-order chi connectivity index (χ1) is 8.58. The summed E-state index contributed by atoms with van der Waals surface area (Å²) >= 11 is 0. The Bertz CT molecular complexity index is 557. The van der Waals surface area contributed by atoms with Crippen molar-refractivity contribution in [2.24, 2.45) is 0 Å². The normalized spacial score (nSPS) is 10.0. The SMILES string of the molecule is O=C(O)c1cc(Oc2ccccc2)oc1[N+](=O)[O-]. The van der Waals surface area contributed by atoms with Crippen molar-refractivity contribution in [2.45, 2.75) is 0 Å². The molecule has 2 aromatic rings. The van der Waals surface area contributed by atoms with Crippen molar-refractivity contribution in [3.63, 3.8) is 0 Å². The number of carboxylic acid groups (broad SMARTS) is 1. The Hall–Kier alpha value is -2.83. The van der Waals surface area contributed by atoms with Crippen molar-refractivity contribution in [3.05, 3.63) is 52.1 Å². The molecule has 92 valence electrons. The van der Waals surface area contributed by atoms with Gasteiger partial charge in [0.1, 0.15) is 10.7 Å². The molecule has 0 aliphatic heterocycles. The van der Waals surface area contributed by atoms with Gasteiger partial charge in [0.25, 0.3) is 5.95 Å². The average molecular weight is 249 g/mol. The first-order valence-corrected chi connectivity index (χ1v) is 4.82. The van der Waals surface area contributed by atoms with Gasteiger partial charge in [0.05, 0.1) is 0 Å². The Labute approximate surface area is 100 Å². The summed E-state index contributed by atoms with van der Waals surface area (Å²) in [5, 5.41) is 19.4. The van der Waals surface area contributed by atoms with E-state index in [-0.39, 0.29) is 5.95 Å².